The number of nitrogens with one attached hydrogen (secondary N) is 1. The summed E-state index contributed by atoms with van der Waals surface area (Å²) in [5, 5.41) is 10.2. The van der Waals surface area contributed by atoms with Gasteiger partial charge in [0, 0.05) is 5.56 Å². The van der Waals surface area contributed by atoms with Crippen molar-refractivity contribution in [2.24, 2.45) is 0 Å². The SMILES string of the molecule is O=C(Nc1nnc(C2=COCCO2)o1)c1ccc(Cc2ccccc2)cc1. The average Bonchev–Trinajstić information content (AvgIpc) is 3.18. The first-order valence-corrected chi connectivity index (χ1v) is 8.50. The van der Waals surface area contributed by atoms with Crippen molar-refractivity contribution in [3.8, 4) is 0 Å². The van der Waals surface area contributed by atoms with Gasteiger partial charge in [-0.2, -0.15) is 0 Å². The number of amides is 1. The Balaban J connectivity index is 1.39. The molecule has 0 spiro atoms. The summed E-state index contributed by atoms with van der Waals surface area (Å²) < 4.78 is 15.9. The van der Waals surface area contributed by atoms with Gasteiger partial charge in [-0.25, -0.2) is 0 Å². The highest BCUT2D eigenvalue weighted by molar-refractivity contribution is 6.03. The molecule has 0 aliphatic carbocycles. The molecule has 4 rings (SSSR count). The van der Waals surface area contributed by atoms with Crippen LogP contribution in [0.15, 0.2) is 65.3 Å². The second kappa shape index (κ2) is 7.74. The van der Waals surface area contributed by atoms with Crippen LogP contribution in [0.4, 0.5) is 6.01 Å². The lowest BCUT2D eigenvalue weighted by Gasteiger charge is -2.11. The summed E-state index contributed by atoms with van der Waals surface area (Å²) in [6.07, 6.45) is 2.22. The first-order valence-electron chi connectivity index (χ1n) is 8.50. The van der Waals surface area contributed by atoms with E-state index in [2.05, 4.69) is 27.6 Å². The monoisotopic (exact) mass is 363 g/mol. The molecule has 0 fully saturated rings. The van der Waals surface area contributed by atoms with Gasteiger partial charge in [0.15, 0.2) is 0 Å². The van der Waals surface area contributed by atoms with Gasteiger partial charge in [-0.15, -0.1) is 5.10 Å². The van der Waals surface area contributed by atoms with E-state index in [0.29, 0.717) is 24.5 Å². The summed E-state index contributed by atoms with van der Waals surface area (Å²) >= 11 is 0. The first-order chi connectivity index (χ1) is 13.3. The lowest BCUT2D eigenvalue weighted by molar-refractivity contribution is 0.102. The number of carbonyl (C=O) groups is 1. The molecule has 0 bridgehead atoms. The Kier molecular flexibility index (Phi) is 4.82. The number of nitrogens with zero attached hydrogens (tertiary/aromatic N) is 2. The molecule has 1 amide bonds. The standard InChI is InChI=1S/C20H17N3O4/c24-18(21-20-23-22-19(27-20)17-13-25-10-11-26-17)16-8-6-15(7-9-16)12-14-4-2-1-3-5-14/h1-9,13H,10-12H2,(H,21,23,24). The van der Waals surface area contributed by atoms with Gasteiger partial charge >= 0.3 is 6.01 Å². The van der Waals surface area contributed by atoms with Gasteiger partial charge in [0.2, 0.25) is 5.76 Å². The van der Waals surface area contributed by atoms with Crippen molar-refractivity contribution in [3.05, 3.63) is 83.4 Å². The Morgan fingerprint density at radius 3 is 2.48 bits per heavy atom. The Morgan fingerprint density at radius 1 is 0.963 bits per heavy atom. The molecule has 2 aromatic carbocycles. The summed E-state index contributed by atoms with van der Waals surface area (Å²) in [6, 6.07) is 17.6. The number of benzene rings is 2. The highest BCUT2D eigenvalue weighted by atomic mass is 16.6. The lowest BCUT2D eigenvalue weighted by atomic mass is 10.0. The van der Waals surface area contributed by atoms with Crippen molar-refractivity contribution in [1.82, 2.24) is 10.2 Å². The summed E-state index contributed by atoms with van der Waals surface area (Å²) in [5.74, 6) is 0.175. The molecule has 0 unspecified atom stereocenters. The number of aromatic nitrogens is 2. The molecule has 1 aliphatic heterocycles. The zero-order valence-corrected chi connectivity index (χ0v) is 14.4. The van der Waals surface area contributed by atoms with E-state index in [0.717, 1.165) is 12.0 Å². The van der Waals surface area contributed by atoms with E-state index in [-0.39, 0.29) is 17.8 Å². The van der Waals surface area contributed by atoms with Crippen molar-refractivity contribution < 1.29 is 18.7 Å². The first kappa shape index (κ1) is 16.8. The summed E-state index contributed by atoms with van der Waals surface area (Å²) in [4.78, 5) is 12.4. The molecule has 7 nitrogen and oxygen atoms in total. The Labute approximate surface area is 155 Å². The molecule has 7 heteroatoms. The lowest BCUT2D eigenvalue weighted by Crippen LogP contribution is -2.12. The highest BCUT2D eigenvalue weighted by Crippen LogP contribution is 2.19. The van der Waals surface area contributed by atoms with Crippen LogP contribution in [0.3, 0.4) is 0 Å². The molecule has 136 valence electrons. The van der Waals surface area contributed by atoms with Gasteiger partial charge in [-0.05, 0) is 29.7 Å². The maximum absolute atomic E-state index is 12.4. The van der Waals surface area contributed by atoms with Crippen molar-refractivity contribution in [2.45, 2.75) is 6.42 Å². The predicted molar refractivity (Wildman–Crippen MR) is 97.8 cm³/mol. The third-order valence-corrected chi connectivity index (χ3v) is 3.97. The van der Waals surface area contributed by atoms with Crippen LogP contribution >= 0.6 is 0 Å². The largest absolute Gasteiger partial charge is 0.494 e. The second-order valence-corrected chi connectivity index (χ2v) is 5.93. The van der Waals surface area contributed by atoms with Gasteiger partial charge < -0.3 is 13.9 Å². The van der Waals surface area contributed by atoms with E-state index in [4.69, 9.17) is 13.9 Å². The molecule has 0 saturated carbocycles. The molecular weight excluding hydrogens is 346 g/mol. The van der Waals surface area contributed by atoms with Gasteiger partial charge in [0.1, 0.15) is 19.5 Å². The molecule has 0 atom stereocenters. The van der Waals surface area contributed by atoms with Crippen LogP contribution in [0.2, 0.25) is 0 Å². The molecule has 2 heterocycles. The summed E-state index contributed by atoms with van der Waals surface area (Å²) in [6.45, 7) is 0.882. The molecule has 27 heavy (non-hydrogen) atoms. The minimum atomic E-state index is -0.328. The normalized spacial score (nSPS) is 13.3. The van der Waals surface area contributed by atoms with Gasteiger partial charge in [0.25, 0.3) is 11.8 Å². The van der Waals surface area contributed by atoms with E-state index >= 15 is 0 Å². The van der Waals surface area contributed by atoms with Crippen molar-refractivity contribution in [3.63, 3.8) is 0 Å². The van der Waals surface area contributed by atoms with Gasteiger partial charge in [0.05, 0.1) is 0 Å². The van der Waals surface area contributed by atoms with Crippen LogP contribution in [-0.2, 0) is 15.9 Å². The second-order valence-electron chi connectivity index (χ2n) is 5.93. The zero-order chi connectivity index (χ0) is 18.5. The van der Waals surface area contributed by atoms with Crippen molar-refractivity contribution >= 4 is 17.7 Å². The third kappa shape index (κ3) is 4.14. The fourth-order valence-corrected chi connectivity index (χ4v) is 2.63. The van der Waals surface area contributed by atoms with E-state index in [1.54, 1.807) is 12.1 Å². The Morgan fingerprint density at radius 2 is 1.74 bits per heavy atom. The van der Waals surface area contributed by atoms with Gasteiger partial charge in [-0.3, -0.25) is 10.1 Å². The highest BCUT2D eigenvalue weighted by Gasteiger charge is 2.17. The maximum atomic E-state index is 12.4. The minimum Gasteiger partial charge on any atom is -0.494 e. The Hall–Kier alpha value is -3.61. The van der Waals surface area contributed by atoms with E-state index < -0.39 is 0 Å². The smallest absolute Gasteiger partial charge is 0.322 e. The molecular formula is C20H17N3O4. The van der Waals surface area contributed by atoms with Crippen LogP contribution in [0.25, 0.3) is 5.76 Å². The quantitative estimate of drug-likeness (QED) is 0.749. The third-order valence-electron chi connectivity index (χ3n) is 3.97. The number of hydrogen-bond donors (Lipinski definition) is 1. The van der Waals surface area contributed by atoms with E-state index in [1.807, 2.05) is 30.3 Å². The average molecular weight is 363 g/mol. The summed E-state index contributed by atoms with van der Waals surface area (Å²) in [5.41, 5.74) is 2.85. The van der Waals surface area contributed by atoms with Crippen LogP contribution in [0.1, 0.15) is 27.4 Å². The molecule has 1 aliphatic rings. The number of ether oxygens (including phenoxy) is 2. The number of rotatable bonds is 5. The van der Waals surface area contributed by atoms with Crippen molar-refractivity contribution in [1.29, 1.82) is 0 Å². The number of anilines is 1. The van der Waals surface area contributed by atoms with Crippen LogP contribution < -0.4 is 5.32 Å². The fourth-order valence-electron chi connectivity index (χ4n) is 2.63. The summed E-state index contributed by atoms with van der Waals surface area (Å²) in [7, 11) is 0. The maximum Gasteiger partial charge on any atom is 0.322 e. The van der Waals surface area contributed by atoms with Gasteiger partial charge in [-0.1, -0.05) is 47.6 Å². The molecule has 0 radical (unpaired) electrons. The molecule has 3 aromatic rings. The molecule has 1 N–H and O–H groups in total. The number of hydrogen-bond acceptors (Lipinski definition) is 6. The predicted octanol–water partition coefficient (Wildman–Crippen LogP) is 3.26. The zero-order valence-electron chi connectivity index (χ0n) is 14.4. The molecule has 1 aromatic heterocycles. The van der Waals surface area contributed by atoms with Crippen LogP contribution in [-0.4, -0.2) is 29.3 Å². The van der Waals surface area contributed by atoms with E-state index in [1.165, 1.54) is 11.8 Å². The fraction of sp³-hybridized carbons (Fsp3) is 0.150. The number of carbonyl (C=O) groups excluding carboxylic acids is 1. The Bertz CT molecular complexity index is 949. The topological polar surface area (TPSA) is 86.5 Å². The van der Waals surface area contributed by atoms with Crippen LogP contribution in [0, 0.1) is 0 Å². The van der Waals surface area contributed by atoms with Crippen LogP contribution in [0.5, 0.6) is 0 Å². The van der Waals surface area contributed by atoms with E-state index in [9.17, 15) is 4.79 Å². The minimum absolute atomic E-state index is 0.00145. The molecule has 0 saturated heterocycles. The van der Waals surface area contributed by atoms with Crippen molar-refractivity contribution in [2.75, 3.05) is 18.5 Å².